The van der Waals surface area contributed by atoms with E-state index in [9.17, 15) is 9.59 Å². The van der Waals surface area contributed by atoms with Gasteiger partial charge < -0.3 is 15.4 Å². The van der Waals surface area contributed by atoms with Gasteiger partial charge in [0.15, 0.2) is 0 Å². The first kappa shape index (κ1) is 13.9. The number of carbonyl (C=O) groups is 2. The third-order valence-corrected chi connectivity index (χ3v) is 5.39. The molecule has 2 N–H and O–H groups in total. The summed E-state index contributed by atoms with van der Waals surface area (Å²) >= 11 is 0. The van der Waals surface area contributed by atoms with Crippen molar-refractivity contribution in [1.29, 1.82) is 0 Å². The average Bonchev–Trinajstić information content (AvgIpc) is 3.02. The molecule has 2 aliphatic carbocycles. The summed E-state index contributed by atoms with van der Waals surface area (Å²) in [5, 5.41) is 13.9. The number of nitrogens with zero attached hydrogens (tertiary/aromatic N) is 2. The molecular weight excluding hydrogens is 284 g/mol. The zero-order valence-electron chi connectivity index (χ0n) is 12.6. The number of likely N-dealkylation sites (N-methyl/N-ethyl adjacent to an activating group) is 1. The molecule has 22 heavy (non-hydrogen) atoms. The molecule has 2 aliphatic heterocycles. The molecule has 2 saturated carbocycles. The monoisotopic (exact) mass is 304 g/mol. The lowest BCUT2D eigenvalue weighted by atomic mass is 9.87. The van der Waals surface area contributed by atoms with Crippen molar-refractivity contribution in [3.05, 3.63) is 0 Å². The molecule has 0 bridgehead atoms. The molecule has 3 unspecified atom stereocenters. The smallest absolute Gasteiger partial charge is 0.269 e. The number of carbonyl (C=O) groups excluding carboxylic acids is 2. The van der Waals surface area contributed by atoms with Gasteiger partial charge in [0.2, 0.25) is 5.91 Å². The Morgan fingerprint density at radius 2 is 2.00 bits per heavy atom. The van der Waals surface area contributed by atoms with Gasteiger partial charge in [0.1, 0.15) is 11.3 Å². The Morgan fingerprint density at radius 3 is 2.73 bits per heavy atom. The van der Waals surface area contributed by atoms with Crippen molar-refractivity contribution in [3.8, 4) is 0 Å². The topological polar surface area (TPSA) is 92.2 Å². The van der Waals surface area contributed by atoms with Crippen molar-refractivity contribution in [3.63, 3.8) is 0 Å². The molecule has 2 amide bonds. The van der Waals surface area contributed by atoms with Gasteiger partial charge in [-0.1, -0.05) is 0 Å². The Labute approximate surface area is 128 Å². The lowest BCUT2D eigenvalue weighted by Crippen LogP contribution is -2.62. The molecule has 0 aromatic carbocycles. The van der Waals surface area contributed by atoms with Gasteiger partial charge in [-0.05, 0) is 18.8 Å². The molecule has 4 rings (SSSR count). The van der Waals surface area contributed by atoms with Gasteiger partial charge in [0, 0.05) is 44.9 Å². The van der Waals surface area contributed by atoms with E-state index in [1.807, 2.05) is 0 Å². The van der Waals surface area contributed by atoms with E-state index in [0.717, 1.165) is 12.1 Å². The van der Waals surface area contributed by atoms with Crippen LogP contribution in [0.3, 0.4) is 0 Å². The van der Waals surface area contributed by atoms with Crippen LogP contribution in [0.15, 0.2) is 10.2 Å². The number of nitrogens with one attached hydrogen (secondary N) is 2. The fraction of sp³-hybridized carbons (Fsp3) is 0.733. The molecular formula is C15H20N4O3. The maximum absolute atomic E-state index is 12.7. The third kappa shape index (κ3) is 1.99. The van der Waals surface area contributed by atoms with Crippen LogP contribution in [0.1, 0.15) is 25.7 Å². The van der Waals surface area contributed by atoms with Crippen molar-refractivity contribution in [1.82, 2.24) is 10.6 Å². The molecule has 1 saturated heterocycles. The average molecular weight is 304 g/mol. The minimum absolute atomic E-state index is 0.0744. The first-order valence-electron chi connectivity index (χ1n) is 7.92. The van der Waals surface area contributed by atoms with Gasteiger partial charge in [-0.25, -0.2) is 0 Å². The van der Waals surface area contributed by atoms with Crippen molar-refractivity contribution in [2.24, 2.45) is 28.0 Å². The minimum Gasteiger partial charge on any atom is -0.381 e. The highest BCUT2D eigenvalue weighted by atomic mass is 16.5. The number of rotatable bonds is 3. The Balaban J connectivity index is 1.50. The van der Waals surface area contributed by atoms with E-state index in [1.54, 1.807) is 7.05 Å². The van der Waals surface area contributed by atoms with Gasteiger partial charge in [-0.3, -0.25) is 9.59 Å². The second-order valence-electron chi connectivity index (χ2n) is 6.63. The van der Waals surface area contributed by atoms with E-state index in [0.29, 0.717) is 43.6 Å². The van der Waals surface area contributed by atoms with Crippen LogP contribution in [0.5, 0.6) is 0 Å². The number of ether oxygens (including phenoxy) is 1. The van der Waals surface area contributed by atoms with Crippen LogP contribution in [0, 0.1) is 17.8 Å². The summed E-state index contributed by atoms with van der Waals surface area (Å²) in [5.41, 5.74) is 0.671. The van der Waals surface area contributed by atoms with Crippen molar-refractivity contribution in [2.45, 2.75) is 31.2 Å². The van der Waals surface area contributed by atoms with Crippen LogP contribution in [0.2, 0.25) is 0 Å². The van der Waals surface area contributed by atoms with E-state index >= 15 is 0 Å². The summed E-state index contributed by atoms with van der Waals surface area (Å²) in [5.74, 6) is 0.895. The molecule has 4 aliphatic rings. The predicted octanol–water partition coefficient (Wildman–Crippen LogP) is -0.136. The largest absolute Gasteiger partial charge is 0.381 e. The van der Waals surface area contributed by atoms with Gasteiger partial charge >= 0.3 is 0 Å². The summed E-state index contributed by atoms with van der Waals surface area (Å²) in [4.78, 5) is 24.9. The first-order valence-corrected chi connectivity index (χ1v) is 7.92. The summed E-state index contributed by atoms with van der Waals surface area (Å²) in [6, 6.07) is 0. The summed E-state index contributed by atoms with van der Waals surface area (Å²) in [6.07, 6.45) is 3.13. The van der Waals surface area contributed by atoms with Crippen LogP contribution >= 0.6 is 0 Å². The van der Waals surface area contributed by atoms with Crippen LogP contribution < -0.4 is 10.6 Å². The van der Waals surface area contributed by atoms with Crippen molar-refractivity contribution >= 4 is 23.2 Å². The molecule has 2 heterocycles. The van der Waals surface area contributed by atoms with E-state index in [1.165, 1.54) is 6.42 Å². The van der Waals surface area contributed by atoms with Gasteiger partial charge in [0.25, 0.3) is 5.91 Å². The second-order valence-corrected chi connectivity index (χ2v) is 6.63. The van der Waals surface area contributed by atoms with Crippen LogP contribution in [0.25, 0.3) is 0 Å². The van der Waals surface area contributed by atoms with E-state index in [-0.39, 0.29) is 17.7 Å². The molecule has 3 fully saturated rings. The van der Waals surface area contributed by atoms with Gasteiger partial charge in [-0.2, -0.15) is 5.10 Å². The number of hydrogen-bond donors (Lipinski definition) is 2. The van der Waals surface area contributed by atoms with Crippen LogP contribution in [-0.2, 0) is 14.3 Å². The summed E-state index contributed by atoms with van der Waals surface area (Å²) < 4.78 is 5.33. The highest BCUT2D eigenvalue weighted by Crippen LogP contribution is 2.54. The standard InChI is InChI=1S/C15H20N4O3/c1-16-14(21)15(2-4-22-5-3-15)17-13(20)12-10-7-8-6-9(8)11(10)18-19-12/h8-10H,2-7H2,1H3,(H,16,21)(H,17,20). The summed E-state index contributed by atoms with van der Waals surface area (Å²) in [6.45, 7) is 0.936. The maximum atomic E-state index is 12.7. The van der Waals surface area contributed by atoms with E-state index in [2.05, 4.69) is 20.8 Å². The minimum atomic E-state index is -0.892. The van der Waals surface area contributed by atoms with Crippen molar-refractivity contribution < 1.29 is 14.3 Å². The Hall–Kier alpha value is -1.76. The van der Waals surface area contributed by atoms with Crippen molar-refractivity contribution in [2.75, 3.05) is 20.3 Å². The van der Waals surface area contributed by atoms with E-state index < -0.39 is 5.54 Å². The Bertz CT molecular complexity index is 592. The Morgan fingerprint density at radius 1 is 1.23 bits per heavy atom. The molecule has 0 radical (unpaired) electrons. The highest BCUT2D eigenvalue weighted by Gasteiger charge is 2.56. The number of fused-ring (bicyclic) bond motifs is 3. The molecule has 3 atom stereocenters. The molecule has 0 aromatic rings. The third-order valence-electron chi connectivity index (χ3n) is 5.39. The zero-order valence-corrected chi connectivity index (χ0v) is 12.6. The molecule has 0 aromatic heterocycles. The fourth-order valence-electron chi connectivity index (χ4n) is 3.98. The first-order chi connectivity index (χ1) is 10.6. The van der Waals surface area contributed by atoms with Gasteiger partial charge in [-0.15, -0.1) is 5.10 Å². The predicted molar refractivity (Wildman–Crippen MR) is 79.6 cm³/mol. The maximum Gasteiger partial charge on any atom is 0.269 e. The van der Waals surface area contributed by atoms with E-state index in [4.69, 9.17) is 4.74 Å². The SMILES string of the molecule is CNC(=O)C1(NC(=O)C2=NN=C3C2CC2CC32)CCOCC1. The highest BCUT2D eigenvalue weighted by molar-refractivity contribution is 6.45. The molecule has 0 spiro atoms. The van der Waals surface area contributed by atoms with Gasteiger partial charge in [0.05, 0.1) is 5.71 Å². The second kappa shape index (κ2) is 4.87. The van der Waals surface area contributed by atoms with Crippen LogP contribution in [-0.4, -0.2) is 49.0 Å². The normalized spacial score (nSPS) is 34.1. The molecule has 7 nitrogen and oxygen atoms in total. The van der Waals surface area contributed by atoms with Crippen LogP contribution in [0.4, 0.5) is 0 Å². The lowest BCUT2D eigenvalue weighted by molar-refractivity contribution is -0.135. The zero-order chi connectivity index (χ0) is 15.3. The molecule has 7 heteroatoms. The number of amides is 2. The molecule has 118 valence electrons. The Kier molecular flexibility index (Phi) is 3.07. The lowest BCUT2D eigenvalue weighted by Gasteiger charge is -2.36. The quantitative estimate of drug-likeness (QED) is 0.760. The number of hydrogen-bond acceptors (Lipinski definition) is 5. The fourth-order valence-corrected chi connectivity index (χ4v) is 3.98. The summed E-state index contributed by atoms with van der Waals surface area (Å²) in [7, 11) is 1.59.